The van der Waals surface area contributed by atoms with Crippen molar-refractivity contribution in [1.29, 1.82) is 0 Å². The maximum Gasteiger partial charge on any atom is 0.673 e. The average molecular weight is 176 g/mol. The van der Waals surface area contributed by atoms with Crippen molar-refractivity contribution in [3.05, 3.63) is 0 Å². The summed E-state index contributed by atoms with van der Waals surface area (Å²) in [7, 11) is -6.00. The van der Waals surface area contributed by atoms with Gasteiger partial charge in [-0.15, -0.1) is 0 Å². The van der Waals surface area contributed by atoms with Crippen LogP contribution in [0.3, 0.4) is 0 Å². The minimum atomic E-state index is -6.00. The molecule has 0 rings (SSSR count). The van der Waals surface area contributed by atoms with E-state index in [1.165, 1.54) is 0 Å². The highest BCUT2D eigenvalue weighted by Gasteiger charge is 2.20. The summed E-state index contributed by atoms with van der Waals surface area (Å²) in [6, 6.07) is 0.0394. The summed E-state index contributed by atoms with van der Waals surface area (Å²) < 4.78 is 43.5. The van der Waals surface area contributed by atoms with Crippen molar-refractivity contribution in [3.63, 3.8) is 0 Å². The van der Waals surface area contributed by atoms with Crippen LogP contribution in [-0.4, -0.2) is 19.9 Å². The lowest BCUT2D eigenvalue weighted by Crippen LogP contribution is -2.47. The first kappa shape index (κ1) is 12.7. The molecule has 68 valence electrons. The Bertz CT molecular complexity index is 110. The SMILES string of the molecule is CCOC(N)=[NH2+].F[B-](F)(F)F. The summed E-state index contributed by atoms with van der Waals surface area (Å²) >= 11 is 0. The predicted octanol–water partition coefficient (Wildman–Crippen LogP) is -0.603. The largest absolute Gasteiger partial charge is 0.673 e. The molecule has 4 N–H and O–H groups in total. The number of amidine groups is 1. The van der Waals surface area contributed by atoms with Crippen molar-refractivity contribution in [2.45, 2.75) is 6.92 Å². The van der Waals surface area contributed by atoms with E-state index < -0.39 is 7.25 Å². The highest BCUT2D eigenvalue weighted by Crippen LogP contribution is 2.06. The number of rotatable bonds is 1. The Morgan fingerprint density at radius 3 is 1.73 bits per heavy atom. The third kappa shape index (κ3) is 107. The van der Waals surface area contributed by atoms with Crippen LogP contribution in [0.25, 0.3) is 0 Å². The van der Waals surface area contributed by atoms with E-state index in [4.69, 9.17) is 11.1 Å². The van der Waals surface area contributed by atoms with Crippen LogP contribution in [0, 0.1) is 0 Å². The Hall–Kier alpha value is -0.945. The Morgan fingerprint density at radius 2 is 1.73 bits per heavy atom. The maximum absolute atomic E-state index is 9.75. The molecule has 0 aliphatic carbocycles. The van der Waals surface area contributed by atoms with Gasteiger partial charge in [-0.3, -0.25) is 11.1 Å². The second kappa shape index (κ2) is 5.81. The van der Waals surface area contributed by atoms with E-state index in [1.54, 1.807) is 0 Å². The van der Waals surface area contributed by atoms with Gasteiger partial charge < -0.3 is 22.0 Å². The molecule has 0 saturated carbocycles. The molecular weight excluding hydrogens is 167 g/mol. The molecule has 3 nitrogen and oxygen atoms in total. The summed E-state index contributed by atoms with van der Waals surface area (Å²) in [5.74, 6) is 0. The monoisotopic (exact) mass is 176 g/mol. The molecule has 0 aliphatic rings. The van der Waals surface area contributed by atoms with E-state index >= 15 is 0 Å². The molecule has 8 heteroatoms. The van der Waals surface area contributed by atoms with Crippen molar-refractivity contribution >= 4 is 13.3 Å². The van der Waals surface area contributed by atoms with Crippen molar-refractivity contribution < 1.29 is 27.4 Å². The van der Waals surface area contributed by atoms with E-state index in [0.717, 1.165) is 0 Å². The van der Waals surface area contributed by atoms with Crippen LogP contribution >= 0.6 is 0 Å². The molecule has 0 radical (unpaired) electrons. The van der Waals surface area contributed by atoms with Crippen molar-refractivity contribution in [2.24, 2.45) is 5.73 Å². The molecule has 0 aliphatic heterocycles. The Morgan fingerprint density at radius 1 is 1.45 bits per heavy atom. The smallest absolute Gasteiger partial charge is 0.432 e. The van der Waals surface area contributed by atoms with Crippen LogP contribution in [0.1, 0.15) is 6.92 Å². The zero-order valence-electron chi connectivity index (χ0n) is 5.86. The van der Waals surface area contributed by atoms with Gasteiger partial charge >= 0.3 is 13.3 Å². The van der Waals surface area contributed by atoms with Crippen LogP contribution < -0.4 is 11.1 Å². The number of hydrogen-bond acceptors (Lipinski definition) is 1. The van der Waals surface area contributed by atoms with Crippen LogP contribution in [-0.2, 0) is 4.74 Å². The van der Waals surface area contributed by atoms with E-state index in [9.17, 15) is 17.3 Å². The van der Waals surface area contributed by atoms with E-state index in [1.807, 2.05) is 6.92 Å². The fraction of sp³-hybridized carbons (Fsp3) is 0.667. The highest BCUT2D eigenvalue weighted by molar-refractivity contribution is 6.50. The highest BCUT2D eigenvalue weighted by atomic mass is 19.5. The third-order valence-corrected chi connectivity index (χ3v) is 0.311. The molecule has 0 atom stereocenters. The summed E-state index contributed by atoms with van der Waals surface area (Å²) in [5, 5.41) is 4.88. The average Bonchev–Trinajstić information content (AvgIpc) is 1.58. The molecule has 0 heterocycles. The second-order valence-electron chi connectivity index (χ2n) is 1.33. The van der Waals surface area contributed by atoms with Gasteiger partial charge in [-0.2, -0.15) is 0 Å². The molecule has 0 saturated heterocycles. The predicted molar refractivity (Wildman–Crippen MR) is 32.9 cm³/mol. The summed E-state index contributed by atoms with van der Waals surface area (Å²) in [6.45, 7) is 2.36. The molecular formula is C3H9BF4N2O. The van der Waals surface area contributed by atoms with Crippen LogP contribution in [0.5, 0.6) is 0 Å². The number of hydrogen-bond donors (Lipinski definition) is 2. The Balaban J connectivity index is 0. The Labute approximate surface area is 61.1 Å². The third-order valence-electron chi connectivity index (χ3n) is 0.311. The van der Waals surface area contributed by atoms with Gasteiger partial charge in [0.15, 0.2) is 0 Å². The van der Waals surface area contributed by atoms with Crippen LogP contribution in [0.2, 0.25) is 0 Å². The molecule has 0 spiro atoms. The zero-order chi connectivity index (χ0) is 9.49. The zero-order valence-corrected chi connectivity index (χ0v) is 5.86. The Kier molecular flexibility index (Phi) is 6.71. The molecule has 0 unspecified atom stereocenters. The van der Waals surface area contributed by atoms with Gasteiger partial charge in [-0.1, -0.05) is 0 Å². The van der Waals surface area contributed by atoms with Gasteiger partial charge in [0.05, 0.1) is 6.61 Å². The minimum absolute atomic E-state index is 0.0394. The van der Waals surface area contributed by atoms with Gasteiger partial charge in [0.25, 0.3) is 0 Å². The van der Waals surface area contributed by atoms with Gasteiger partial charge in [0, 0.05) is 0 Å². The van der Waals surface area contributed by atoms with Gasteiger partial charge in [0.2, 0.25) is 0 Å². The lowest BCUT2D eigenvalue weighted by Gasteiger charge is -1.94. The second-order valence-corrected chi connectivity index (χ2v) is 1.33. The van der Waals surface area contributed by atoms with Crippen molar-refractivity contribution in [2.75, 3.05) is 6.61 Å². The molecule has 0 aromatic carbocycles. The normalized spacial score (nSPS) is 9.55. The van der Waals surface area contributed by atoms with Gasteiger partial charge in [-0.25, -0.2) is 0 Å². The number of halogens is 4. The fourth-order valence-electron chi connectivity index (χ4n) is 0.167. The van der Waals surface area contributed by atoms with Crippen molar-refractivity contribution in [1.82, 2.24) is 0 Å². The quantitative estimate of drug-likeness (QED) is 0.242. The van der Waals surface area contributed by atoms with Gasteiger partial charge in [0.1, 0.15) is 0 Å². The summed E-state index contributed by atoms with van der Waals surface area (Å²) in [6.07, 6.45) is 0. The molecule has 0 fully saturated rings. The van der Waals surface area contributed by atoms with E-state index in [-0.39, 0.29) is 6.02 Å². The first-order valence-corrected chi connectivity index (χ1v) is 2.65. The standard InChI is InChI=1S/C3H8N2O.BF4/c1-2-6-3(4)5;2-1(3,4)5/h2H2,1H3,(H3,4,5);/q;-1/p+1. The summed E-state index contributed by atoms with van der Waals surface area (Å²) in [5.41, 5.74) is 4.88. The first-order chi connectivity index (χ1) is 4.77. The topological polar surface area (TPSA) is 60.8 Å². The van der Waals surface area contributed by atoms with Crippen molar-refractivity contribution in [3.8, 4) is 0 Å². The lowest BCUT2D eigenvalue weighted by molar-refractivity contribution is -0.141. The van der Waals surface area contributed by atoms with Crippen LogP contribution in [0.4, 0.5) is 17.3 Å². The molecule has 0 aromatic rings. The fourth-order valence-corrected chi connectivity index (χ4v) is 0.167. The number of nitrogens with two attached hydrogens (primary N) is 2. The molecule has 0 bridgehead atoms. The molecule has 11 heavy (non-hydrogen) atoms. The minimum Gasteiger partial charge on any atom is -0.432 e. The van der Waals surface area contributed by atoms with E-state index in [2.05, 4.69) is 4.74 Å². The van der Waals surface area contributed by atoms with Gasteiger partial charge in [-0.05, 0) is 6.92 Å². The van der Waals surface area contributed by atoms with Crippen LogP contribution in [0.15, 0.2) is 0 Å². The first-order valence-electron chi connectivity index (χ1n) is 2.65. The van der Waals surface area contributed by atoms with E-state index in [0.29, 0.717) is 6.61 Å². The maximum atomic E-state index is 9.75. The molecule has 0 aromatic heterocycles. The molecule has 0 amide bonds. The summed E-state index contributed by atoms with van der Waals surface area (Å²) in [4.78, 5) is 0. The number of ether oxygens (including phenoxy) is 1. The lowest BCUT2D eigenvalue weighted by atomic mass is 10.3.